The van der Waals surface area contributed by atoms with Gasteiger partial charge in [-0.15, -0.1) is 0 Å². The molecule has 0 amide bonds. The number of anilines is 1. The van der Waals surface area contributed by atoms with E-state index >= 15 is 0 Å². The molecule has 0 radical (unpaired) electrons. The van der Waals surface area contributed by atoms with E-state index in [1.54, 1.807) is 7.11 Å². The molecule has 234 valence electrons. The van der Waals surface area contributed by atoms with E-state index in [4.69, 9.17) is 24.0 Å². The first-order valence-corrected chi connectivity index (χ1v) is 16.4. The standard InChI is InChI=1S/C18H24O5.C16H23N3O/c19-10-20-15-2-1-3-17(9-15)21-18(23-22-17)13-5-11-4-12-6-14(18)8-16(11,12)7-13;1-12(6-4-8-17-2)19-15-11-14(20-3)10-13-7-5-9-18-16(13)15/h10-15H,1-9H2;5,7,9-12,17,19H,4,6,8H2,1-3H3. The fraction of sp³-hybridized carbons (Fsp3) is 0.706. The highest BCUT2D eigenvalue weighted by Crippen LogP contribution is 2.79. The zero-order valence-electron chi connectivity index (χ0n) is 25.8. The zero-order chi connectivity index (χ0) is 29.7. The van der Waals surface area contributed by atoms with Crippen molar-refractivity contribution in [2.24, 2.45) is 29.1 Å². The fourth-order valence-corrected chi connectivity index (χ4v) is 9.71. The zero-order valence-corrected chi connectivity index (χ0v) is 25.8. The first kappa shape index (κ1) is 29.3. The van der Waals surface area contributed by atoms with Crippen LogP contribution in [0.15, 0.2) is 30.5 Å². The van der Waals surface area contributed by atoms with Gasteiger partial charge in [0.2, 0.25) is 11.6 Å². The second-order valence-corrected chi connectivity index (χ2v) is 14.0. The van der Waals surface area contributed by atoms with Crippen LogP contribution in [0.25, 0.3) is 10.9 Å². The number of methoxy groups -OCH3 is 1. The van der Waals surface area contributed by atoms with Gasteiger partial charge in [0.1, 0.15) is 11.9 Å². The minimum absolute atomic E-state index is 0.108. The summed E-state index contributed by atoms with van der Waals surface area (Å²) in [5, 5.41) is 7.82. The molecular formula is C34H47N3O6. The molecule has 3 spiro atoms. The number of rotatable bonds is 9. The first-order chi connectivity index (χ1) is 20.9. The SMILES string of the molecule is CNCCCC(C)Nc1cc(OC)cc2cccnc12.O=COC1CCCC2(C1)OOC1(O2)C2CC3CC4CC1CC34C2. The number of carbonyl (C=O) groups is 1. The summed E-state index contributed by atoms with van der Waals surface area (Å²) in [5.74, 6) is 2.44. The van der Waals surface area contributed by atoms with Crippen molar-refractivity contribution in [2.45, 2.75) is 101 Å². The third-order valence-corrected chi connectivity index (χ3v) is 11.6. The van der Waals surface area contributed by atoms with E-state index in [2.05, 4.69) is 28.6 Å². The number of hydrogen-bond donors (Lipinski definition) is 2. The van der Waals surface area contributed by atoms with Gasteiger partial charge < -0.3 is 24.8 Å². The number of nitrogens with zero attached hydrogens (tertiary/aromatic N) is 1. The molecule has 9 nitrogen and oxygen atoms in total. The molecule has 6 aliphatic rings. The highest BCUT2D eigenvalue weighted by atomic mass is 17.3. The van der Waals surface area contributed by atoms with Gasteiger partial charge in [-0.1, -0.05) is 6.07 Å². The van der Waals surface area contributed by atoms with Gasteiger partial charge in [0, 0.05) is 48.4 Å². The lowest BCUT2D eigenvalue weighted by molar-refractivity contribution is -0.376. The van der Waals surface area contributed by atoms with Crippen LogP contribution in [0.2, 0.25) is 0 Å². The lowest BCUT2D eigenvalue weighted by Gasteiger charge is -2.49. The molecule has 1 aliphatic heterocycles. The topological polar surface area (TPSA) is 100 Å². The molecule has 1 aromatic carbocycles. The number of hydrogen-bond acceptors (Lipinski definition) is 9. The fourth-order valence-electron chi connectivity index (χ4n) is 9.71. The Morgan fingerprint density at radius 3 is 2.65 bits per heavy atom. The molecule has 1 aromatic heterocycles. The van der Waals surface area contributed by atoms with Crippen LogP contribution in [0.1, 0.15) is 77.6 Å². The Balaban J connectivity index is 0.000000142. The largest absolute Gasteiger partial charge is 0.497 e. The summed E-state index contributed by atoms with van der Waals surface area (Å²) in [4.78, 5) is 27.1. The molecule has 3 bridgehead atoms. The highest BCUT2D eigenvalue weighted by molar-refractivity contribution is 5.91. The van der Waals surface area contributed by atoms with Gasteiger partial charge in [-0.3, -0.25) is 9.78 Å². The maximum absolute atomic E-state index is 10.7. The van der Waals surface area contributed by atoms with Crippen molar-refractivity contribution in [1.82, 2.24) is 10.3 Å². The van der Waals surface area contributed by atoms with Crippen molar-refractivity contribution in [1.29, 1.82) is 0 Å². The van der Waals surface area contributed by atoms with Gasteiger partial charge in [0.05, 0.1) is 18.3 Å². The number of benzene rings is 1. The molecule has 2 N–H and O–H groups in total. The van der Waals surface area contributed by atoms with Crippen LogP contribution >= 0.6 is 0 Å². The molecule has 7 atom stereocenters. The Kier molecular flexibility index (Phi) is 7.81. The summed E-state index contributed by atoms with van der Waals surface area (Å²) in [6.45, 7) is 3.79. The van der Waals surface area contributed by atoms with E-state index in [9.17, 15) is 4.79 Å². The molecule has 8 rings (SSSR count). The summed E-state index contributed by atoms with van der Waals surface area (Å²) >= 11 is 0. The highest BCUT2D eigenvalue weighted by Gasteiger charge is 2.77. The van der Waals surface area contributed by atoms with Crippen LogP contribution in [0, 0.1) is 29.1 Å². The average Bonchev–Trinajstić information content (AvgIpc) is 3.59. The molecule has 5 aliphatic carbocycles. The molecule has 2 aromatic rings. The molecule has 5 saturated carbocycles. The van der Waals surface area contributed by atoms with Crippen molar-refractivity contribution in [3.63, 3.8) is 0 Å². The van der Waals surface area contributed by atoms with Crippen molar-refractivity contribution < 1.29 is 28.8 Å². The Morgan fingerprint density at radius 1 is 1.12 bits per heavy atom. The van der Waals surface area contributed by atoms with E-state index < -0.39 is 11.6 Å². The summed E-state index contributed by atoms with van der Waals surface area (Å²) in [7, 11) is 3.68. The molecule has 9 heteroatoms. The number of fused-ring (bicyclic) bond motifs is 5. The van der Waals surface area contributed by atoms with E-state index in [0.29, 0.717) is 36.2 Å². The molecule has 2 heterocycles. The van der Waals surface area contributed by atoms with Gasteiger partial charge >= 0.3 is 0 Å². The van der Waals surface area contributed by atoms with Crippen LogP contribution in [-0.2, 0) is 24.0 Å². The van der Waals surface area contributed by atoms with Crippen LogP contribution < -0.4 is 15.4 Å². The first-order valence-electron chi connectivity index (χ1n) is 16.4. The lowest BCUT2D eigenvalue weighted by Crippen LogP contribution is -2.50. The van der Waals surface area contributed by atoms with Crippen molar-refractivity contribution >= 4 is 23.1 Å². The number of ether oxygens (including phenoxy) is 3. The quantitative estimate of drug-likeness (QED) is 0.207. The van der Waals surface area contributed by atoms with Crippen molar-refractivity contribution in [3.05, 3.63) is 30.5 Å². The minimum Gasteiger partial charge on any atom is -0.497 e. The van der Waals surface area contributed by atoms with E-state index in [-0.39, 0.29) is 6.10 Å². The van der Waals surface area contributed by atoms with E-state index in [0.717, 1.165) is 72.8 Å². The number of pyridine rings is 1. The van der Waals surface area contributed by atoms with Crippen molar-refractivity contribution in [3.8, 4) is 5.75 Å². The van der Waals surface area contributed by atoms with E-state index in [1.807, 2.05) is 31.4 Å². The Bertz CT molecular complexity index is 1300. The maximum Gasteiger partial charge on any atom is 0.293 e. The van der Waals surface area contributed by atoms with Crippen LogP contribution in [0.3, 0.4) is 0 Å². The van der Waals surface area contributed by atoms with Gasteiger partial charge in [-0.05, 0) is 108 Å². The predicted octanol–water partition coefficient (Wildman–Crippen LogP) is 5.97. The molecule has 6 fully saturated rings. The molecule has 1 saturated heterocycles. The van der Waals surface area contributed by atoms with E-state index in [1.165, 1.54) is 32.1 Å². The normalized spacial score (nSPS) is 38.8. The molecular weight excluding hydrogens is 546 g/mol. The second-order valence-electron chi connectivity index (χ2n) is 14.0. The average molecular weight is 594 g/mol. The lowest BCUT2D eigenvalue weighted by atomic mass is 9.56. The number of aromatic nitrogens is 1. The van der Waals surface area contributed by atoms with Gasteiger partial charge in [0.25, 0.3) is 6.47 Å². The monoisotopic (exact) mass is 593 g/mol. The summed E-state index contributed by atoms with van der Waals surface area (Å²) < 4.78 is 17.2. The smallest absolute Gasteiger partial charge is 0.293 e. The third-order valence-electron chi connectivity index (χ3n) is 11.6. The van der Waals surface area contributed by atoms with Crippen molar-refractivity contribution in [2.75, 3.05) is 26.0 Å². The van der Waals surface area contributed by atoms with Gasteiger partial charge in [0.15, 0.2) is 0 Å². The Labute approximate surface area is 254 Å². The summed E-state index contributed by atoms with van der Waals surface area (Å²) in [5.41, 5.74) is 2.67. The predicted molar refractivity (Wildman–Crippen MR) is 162 cm³/mol. The Hall–Kier alpha value is -2.46. The minimum atomic E-state index is -0.693. The van der Waals surface area contributed by atoms with Gasteiger partial charge in [-0.2, -0.15) is 9.78 Å². The maximum atomic E-state index is 10.7. The number of carbonyl (C=O) groups excluding carboxylic acids is 1. The third kappa shape index (κ3) is 5.00. The van der Waals surface area contributed by atoms with Crippen LogP contribution in [0.5, 0.6) is 5.75 Å². The summed E-state index contributed by atoms with van der Waals surface area (Å²) in [6, 6.07) is 8.44. The molecule has 7 unspecified atom stereocenters. The van der Waals surface area contributed by atoms with Crippen LogP contribution in [0.4, 0.5) is 5.69 Å². The second kappa shape index (κ2) is 11.5. The summed E-state index contributed by atoms with van der Waals surface area (Å²) in [6.07, 6.45) is 13.7. The van der Waals surface area contributed by atoms with Crippen LogP contribution in [-0.4, -0.2) is 55.9 Å². The number of nitrogens with one attached hydrogen (secondary N) is 2. The van der Waals surface area contributed by atoms with Gasteiger partial charge in [-0.25, -0.2) is 0 Å². The Morgan fingerprint density at radius 2 is 1.91 bits per heavy atom. The molecule has 43 heavy (non-hydrogen) atoms.